The predicted octanol–water partition coefficient (Wildman–Crippen LogP) is 1.56. The van der Waals surface area contributed by atoms with Crippen LogP contribution in [0.25, 0.3) is 0 Å². The Labute approximate surface area is 108 Å². The van der Waals surface area contributed by atoms with Crippen molar-refractivity contribution in [1.29, 1.82) is 0 Å². The first-order valence-corrected chi connectivity index (χ1v) is 6.51. The maximum absolute atomic E-state index is 11.7. The second kappa shape index (κ2) is 6.73. The number of carboxylic acid groups (broad SMARTS) is 1. The number of amides is 1. The van der Waals surface area contributed by atoms with Crippen molar-refractivity contribution in [3.63, 3.8) is 0 Å². The topological polar surface area (TPSA) is 75.6 Å². The van der Waals surface area contributed by atoms with Crippen LogP contribution in [0.5, 0.6) is 0 Å². The molecule has 5 nitrogen and oxygen atoms in total. The molecule has 1 rings (SSSR count). The summed E-state index contributed by atoms with van der Waals surface area (Å²) in [6.07, 6.45) is 4.64. The van der Waals surface area contributed by atoms with Crippen LogP contribution in [0.2, 0.25) is 0 Å². The minimum atomic E-state index is -0.786. The number of carboxylic acids is 1. The molecule has 0 aromatic rings. The molecule has 0 saturated heterocycles. The molecule has 0 aliphatic heterocycles. The molecule has 1 saturated carbocycles. The van der Waals surface area contributed by atoms with Gasteiger partial charge >= 0.3 is 5.97 Å². The van der Waals surface area contributed by atoms with Gasteiger partial charge < -0.3 is 15.2 Å². The van der Waals surface area contributed by atoms with Crippen molar-refractivity contribution in [2.24, 2.45) is 5.41 Å². The van der Waals surface area contributed by atoms with Crippen molar-refractivity contribution < 1.29 is 19.4 Å². The number of hydrogen-bond acceptors (Lipinski definition) is 3. The van der Waals surface area contributed by atoms with Crippen molar-refractivity contribution in [2.45, 2.75) is 51.6 Å². The average Bonchev–Trinajstić information content (AvgIpc) is 2.35. The molecule has 0 heterocycles. The Bertz CT molecular complexity index is 297. The summed E-state index contributed by atoms with van der Waals surface area (Å²) in [4.78, 5) is 22.6. The Balaban J connectivity index is 2.56. The van der Waals surface area contributed by atoms with Gasteiger partial charge in [0.25, 0.3) is 0 Å². The van der Waals surface area contributed by atoms with E-state index in [9.17, 15) is 9.59 Å². The van der Waals surface area contributed by atoms with E-state index in [0.717, 1.165) is 32.1 Å². The molecule has 0 radical (unpaired) electrons. The molecule has 1 amide bonds. The Morgan fingerprint density at radius 2 is 1.94 bits per heavy atom. The molecule has 0 aromatic heterocycles. The van der Waals surface area contributed by atoms with Crippen molar-refractivity contribution in [1.82, 2.24) is 5.32 Å². The monoisotopic (exact) mass is 257 g/mol. The second-order valence-corrected chi connectivity index (χ2v) is 5.23. The van der Waals surface area contributed by atoms with Crippen LogP contribution in [-0.2, 0) is 14.3 Å². The summed E-state index contributed by atoms with van der Waals surface area (Å²) in [5, 5.41) is 11.8. The summed E-state index contributed by atoms with van der Waals surface area (Å²) in [7, 11) is 1.48. The zero-order valence-electron chi connectivity index (χ0n) is 11.2. The van der Waals surface area contributed by atoms with Gasteiger partial charge in [-0.15, -0.1) is 0 Å². The van der Waals surface area contributed by atoms with Crippen molar-refractivity contribution >= 4 is 11.9 Å². The fourth-order valence-corrected chi connectivity index (χ4v) is 2.56. The highest BCUT2D eigenvalue weighted by Gasteiger charge is 2.35. The van der Waals surface area contributed by atoms with Gasteiger partial charge in [-0.3, -0.25) is 9.59 Å². The van der Waals surface area contributed by atoms with E-state index in [2.05, 4.69) is 5.32 Å². The van der Waals surface area contributed by atoms with Crippen LogP contribution in [0.1, 0.15) is 45.4 Å². The maximum Gasteiger partial charge on any atom is 0.303 e. The summed E-state index contributed by atoms with van der Waals surface area (Å²) in [6, 6.07) is 0. The van der Waals surface area contributed by atoms with E-state index in [1.54, 1.807) is 6.92 Å². The standard InChI is InChI=1S/C13H23NO4/c1-10(18-2)12(17)14-9-13(8-11(15)16)6-4-3-5-7-13/h10H,3-9H2,1-2H3,(H,14,17)(H,15,16). The third kappa shape index (κ3) is 4.29. The fraction of sp³-hybridized carbons (Fsp3) is 0.846. The van der Waals surface area contributed by atoms with E-state index in [0.29, 0.717) is 6.54 Å². The van der Waals surface area contributed by atoms with Gasteiger partial charge in [-0.25, -0.2) is 0 Å². The van der Waals surface area contributed by atoms with Crippen LogP contribution in [-0.4, -0.2) is 36.7 Å². The molecular formula is C13H23NO4. The number of rotatable bonds is 6. The average molecular weight is 257 g/mol. The minimum absolute atomic E-state index is 0.134. The molecule has 18 heavy (non-hydrogen) atoms. The van der Waals surface area contributed by atoms with E-state index >= 15 is 0 Å². The summed E-state index contributed by atoms with van der Waals surface area (Å²) < 4.78 is 4.94. The molecule has 5 heteroatoms. The third-order valence-corrected chi connectivity index (χ3v) is 3.80. The van der Waals surface area contributed by atoms with E-state index in [1.807, 2.05) is 0 Å². The van der Waals surface area contributed by atoms with Gasteiger partial charge in [0.2, 0.25) is 5.91 Å². The number of ether oxygens (including phenoxy) is 1. The van der Waals surface area contributed by atoms with Crippen LogP contribution < -0.4 is 5.32 Å². The predicted molar refractivity (Wildman–Crippen MR) is 67.3 cm³/mol. The van der Waals surface area contributed by atoms with E-state index < -0.39 is 12.1 Å². The highest BCUT2D eigenvalue weighted by atomic mass is 16.5. The SMILES string of the molecule is COC(C)C(=O)NCC1(CC(=O)O)CCCCC1. The lowest BCUT2D eigenvalue weighted by atomic mass is 9.71. The van der Waals surface area contributed by atoms with Gasteiger partial charge in [0.15, 0.2) is 0 Å². The fourth-order valence-electron chi connectivity index (χ4n) is 2.56. The van der Waals surface area contributed by atoms with Crippen LogP contribution >= 0.6 is 0 Å². The molecular weight excluding hydrogens is 234 g/mol. The molecule has 0 bridgehead atoms. The van der Waals surface area contributed by atoms with Gasteiger partial charge in [-0.2, -0.15) is 0 Å². The number of carbonyl (C=O) groups excluding carboxylic acids is 1. The van der Waals surface area contributed by atoms with Crippen molar-refractivity contribution in [3.05, 3.63) is 0 Å². The van der Waals surface area contributed by atoms with Gasteiger partial charge in [0.1, 0.15) is 6.10 Å². The number of hydrogen-bond donors (Lipinski definition) is 2. The molecule has 1 atom stereocenters. The van der Waals surface area contributed by atoms with E-state index in [4.69, 9.17) is 9.84 Å². The highest BCUT2D eigenvalue weighted by molar-refractivity contribution is 5.80. The van der Waals surface area contributed by atoms with Gasteiger partial charge in [-0.05, 0) is 25.2 Å². The summed E-state index contributed by atoms with van der Waals surface area (Å²) in [6.45, 7) is 2.12. The molecule has 1 aliphatic rings. The summed E-state index contributed by atoms with van der Waals surface area (Å²) >= 11 is 0. The summed E-state index contributed by atoms with van der Waals surface area (Å²) in [5.41, 5.74) is -0.271. The first kappa shape index (κ1) is 15.0. The van der Waals surface area contributed by atoms with Crippen LogP contribution in [0.15, 0.2) is 0 Å². The third-order valence-electron chi connectivity index (χ3n) is 3.80. The number of aliphatic carboxylic acids is 1. The van der Waals surface area contributed by atoms with E-state index in [-0.39, 0.29) is 17.7 Å². The first-order valence-electron chi connectivity index (χ1n) is 6.51. The summed E-state index contributed by atoms with van der Waals surface area (Å²) in [5.74, 6) is -0.959. The second-order valence-electron chi connectivity index (χ2n) is 5.23. The zero-order chi connectivity index (χ0) is 13.6. The Kier molecular flexibility index (Phi) is 5.59. The normalized spacial score (nSPS) is 20.1. The Hall–Kier alpha value is -1.10. The molecule has 104 valence electrons. The quantitative estimate of drug-likeness (QED) is 0.757. The van der Waals surface area contributed by atoms with Gasteiger partial charge in [-0.1, -0.05) is 19.3 Å². The first-order chi connectivity index (χ1) is 8.49. The van der Waals surface area contributed by atoms with Crippen molar-refractivity contribution in [3.8, 4) is 0 Å². The van der Waals surface area contributed by atoms with Crippen LogP contribution in [0, 0.1) is 5.41 Å². The number of carbonyl (C=O) groups is 2. The Morgan fingerprint density at radius 1 is 1.33 bits per heavy atom. The molecule has 0 spiro atoms. The maximum atomic E-state index is 11.7. The highest BCUT2D eigenvalue weighted by Crippen LogP contribution is 2.38. The smallest absolute Gasteiger partial charge is 0.303 e. The lowest BCUT2D eigenvalue weighted by Gasteiger charge is -2.36. The molecule has 1 aliphatic carbocycles. The van der Waals surface area contributed by atoms with Gasteiger partial charge in [0.05, 0.1) is 6.42 Å². The lowest BCUT2D eigenvalue weighted by molar-refractivity contribution is -0.141. The molecule has 1 unspecified atom stereocenters. The minimum Gasteiger partial charge on any atom is -0.481 e. The Morgan fingerprint density at radius 3 is 2.44 bits per heavy atom. The van der Waals surface area contributed by atoms with Gasteiger partial charge in [0, 0.05) is 13.7 Å². The molecule has 1 fully saturated rings. The molecule has 0 aromatic carbocycles. The van der Waals surface area contributed by atoms with E-state index in [1.165, 1.54) is 7.11 Å². The van der Waals surface area contributed by atoms with Crippen molar-refractivity contribution in [2.75, 3.05) is 13.7 Å². The van der Waals surface area contributed by atoms with Crippen LogP contribution in [0.3, 0.4) is 0 Å². The largest absolute Gasteiger partial charge is 0.481 e. The number of methoxy groups -OCH3 is 1. The molecule has 2 N–H and O–H groups in total. The zero-order valence-corrected chi connectivity index (χ0v) is 11.2. The number of nitrogens with one attached hydrogen (secondary N) is 1. The van der Waals surface area contributed by atoms with Crippen LogP contribution in [0.4, 0.5) is 0 Å². The lowest BCUT2D eigenvalue weighted by Crippen LogP contribution is -2.43.